The van der Waals surface area contributed by atoms with Crippen molar-refractivity contribution in [2.45, 2.75) is 32.7 Å². The molecule has 1 aliphatic rings. The first kappa shape index (κ1) is 16.8. The van der Waals surface area contributed by atoms with Crippen LogP contribution in [-0.4, -0.2) is 34.9 Å². The first-order valence-electron chi connectivity index (χ1n) is 9.46. The zero-order valence-corrected chi connectivity index (χ0v) is 15.5. The minimum Gasteiger partial charge on any atom is -0.351 e. The van der Waals surface area contributed by atoms with Crippen LogP contribution in [0.25, 0.3) is 10.8 Å². The predicted octanol–water partition coefficient (Wildman–Crippen LogP) is 4.49. The maximum atomic E-state index is 4.75. The number of hydrogen-bond acceptors (Lipinski definition) is 3. The van der Waals surface area contributed by atoms with E-state index in [4.69, 9.17) is 9.98 Å². The Balaban J connectivity index is 1.62. The second-order valence-electron chi connectivity index (χ2n) is 7.14. The number of pyridine rings is 1. The molecule has 0 N–H and O–H groups in total. The number of aryl methyl sites for hydroxylation is 2. The van der Waals surface area contributed by atoms with Crippen molar-refractivity contribution in [2.75, 3.05) is 13.1 Å². The van der Waals surface area contributed by atoms with Crippen LogP contribution in [0.4, 0.5) is 0 Å². The molecule has 132 valence electrons. The highest BCUT2D eigenvalue weighted by atomic mass is 15.3. The molecule has 0 unspecified atom stereocenters. The van der Waals surface area contributed by atoms with Gasteiger partial charge in [0.15, 0.2) is 5.84 Å². The van der Waals surface area contributed by atoms with Gasteiger partial charge in [0.05, 0.1) is 6.54 Å². The summed E-state index contributed by atoms with van der Waals surface area (Å²) in [4.78, 5) is 11.8. The van der Waals surface area contributed by atoms with Gasteiger partial charge in [0.2, 0.25) is 0 Å². The van der Waals surface area contributed by atoms with Gasteiger partial charge in [0.25, 0.3) is 0 Å². The molecule has 26 heavy (non-hydrogen) atoms. The highest BCUT2D eigenvalue weighted by Gasteiger charge is 2.23. The third-order valence-corrected chi connectivity index (χ3v) is 5.14. The molecule has 3 heteroatoms. The SMILES string of the molecule is CC(C)N1CCN=C1c1ncccc1CCc1cccc2ccccc12. The van der Waals surface area contributed by atoms with Crippen LogP contribution in [-0.2, 0) is 12.8 Å². The Kier molecular flexibility index (Phi) is 4.70. The molecule has 0 amide bonds. The summed E-state index contributed by atoms with van der Waals surface area (Å²) in [5.41, 5.74) is 3.73. The number of benzene rings is 2. The molecule has 4 rings (SSSR count). The quantitative estimate of drug-likeness (QED) is 0.683. The topological polar surface area (TPSA) is 28.5 Å². The monoisotopic (exact) mass is 343 g/mol. The van der Waals surface area contributed by atoms with Gasteiger partial charge in [-0.3, -0.25) is 9.98 Å². The molecule has 0 radical (unpaired) electrons. The van der Waals surface area contributed by atoms with Crippen molar-refractivity contribution < 1.29 is 0 Å². The van der Waals surface area contributed by atoms with Crippen molar-refractivity contribution in [1.29, 1.82) is 0 Å². The summed E-state index contributed by atoms with van der Waals surface area (Å²) < 4.78 is 0. The van der Waals surface area contributed by atoms with E-state index in [0.717, 1.165) is 37.5 Å². The zero-order chi connectivity index (χ0) is 17.9. The number of fused-ring (bicyclic) bond motifs is 1. The minimum absolute atomic E-state index is 0.448. The largest absolute Gasteiger partial charge is 0.351 e. The van der Waals surface area contributed by atoms with E-state index in [1.54, 1.807) is 0 Å². The van der Waals surface area contributed by atoms with Gasteiger partial charge < -0.3 is 4.90 Å². The molecule has 0 spiro atoms. The highest BCUT2D eigenvalue weighted by molar-refractivity contribution is 5.99. The van der Waals surface area contributed by atoms with Gasteiger partial charge in [-0.15, -0.1) is 0 Å². The maximum Gasteiger partial charge on any atom is 0.150 e. The van der Waals surface area contributed by atoms with E-state index in [9.17, 15) is 0 Å². The van der Waals surface area contributed by atoms with Crippen molar-refractivity contribution >= 4 is 16.6 Å². The second kappa shape index (κ2) is 7.28. The van der Waals surface area contributed by atoms with Gasteiger partial charge in [-0.25, -0.2) is 0 Å². The molecule has 3 aromatic rings. The summed E-state index contributed by atoms with van der Waals surface area (Å²) in [6, 6.07) is 19.9. The van der Waals surface area contributed by atoms with E-state index >= 15 is 0 Å². The van der Waals surface area contributed by atoms with E-state index in [1.807, 2.05) is 12.3 Å². The van der Waals surface area contributed by atoms with Crippen molar-refractivity contribution in [3.05, 3.63) is 77.6 Å². The lowest BCUT2D eigenvalue weighted by Gasteiger charge is -2.25. The molecule has 2 aromatic carbocycles. The molecule has 3 nitrogen and oxygen atoms in total. The Morgan fingerprint density at radius 1 is 0.923 bits per heavy atom. The molecule has 1 aliphatic heterocycles. The van der Waals surface area contributed by atoms with Crippen LogP contribution in [0, 0.1) is 0 Å². The van der Waals surface area contributed by atoms with Gasteiger partial charge in [0, 0.05) is 18.8 Å². The number of rotatable bonds is 5. The third kappa shape index (κ3) is 3.22. The standard InChI is InChI=1S/C23H25N3/c1-17(2)26-16-15-25-23(26)22-20(10-6-14-24-22)13-12-19-9-5-8-18-7-3-4-11-21(18)19/h3-11,14,17H,12-13,15-16H2,1-2H3. The van der Waals surface area contributed by atoms with E-state index in [1.165, 1.54) is 21.9 Å². The minimum atomic E-state index is 0.448. The van der Waals surface area contributed by atoms with Crippen LogP contribution in [0.1, 0.15) is 30.7 Å². The van der Waals surface area contributed by atoms with Crippen molar-refractivity contribution in [3.8, 4) is 0 Å². The first-order valence-corrected chi connectivity index (χ1v) is 9.46. The van der Waals surface area contributed by atoms with Crippen LogP contribution in [0.15, 0.2) is 65.8 Å². The average Bonchev–Trinajstić information content (AvgIpc) is 3.16. The van der Waals surface area contributed by atoms with Gasteiger partial charge in [-0.2, -0.15) is 0 Å². The Morgan fingerprint density at radius 2 is 1.69 bits per heavy atom. The number of aliphatic imine (C=N–C) groups is 1. The number of amidine groups is 1. The Labute approximate surface area is 155 Å². The molecular formula is C23H25N3. The second-order valence-corrected chi connectivity index (χ2v) is 7.14. The lowest BCUT2D eigenvalue weighted by Crippen LogP contribution is -2.35. The fraction of sp³-hybridized carbons (Fsp3) is 0.304. The summed E-state index contributed by atoms with van der Waals surface area (Å²) in [5.74, 6) is 1.06. The van der Waals surface area contributed by atoms with Crippen LogP contribution in [0.5, 0.6) is 0 Å². The summed E-state index contributed by atoms with van der Waals surface area (Å²) in [7, 11) is 0. The molecule has 2 heterocycles. The van der Waals surface area contributed by atoms with Crippen LogP contribution in [0.2, 0.25) is 0 Å². The Morgan fingerprint density at radius 3 is 2.58 bits per heavy atom. The number of hydrogen-bond donors (Lipinski definition) is 0. The van der Waals surface area contributed by atoms with E-state index in [-0.39, 0.29) is 0 Å². The van der Waals surface area contributed by atoms with Crippen molar-refractivity contribution in [3.63, 3.8) is 0 Å². The maximum absolute atomic E-state index is 4.75. The Bertz CT molecular complexity index is 938. The van der Waals surface area contributed by atoms with Gasteiger partial charge >= 0.3 is 0 Å². The molecule has 1 aromatic heterocycles. The van der Waals surface area contributed by atoms with Crippen LogP contribution in [0.3, 0.4) is 0 Å². The van der Waals surface area contributed by atoms with E-state index < -0.39 is 0 Å². The molecule has 0 bridgehead atoms. The van der Waals surface area contributed by atoms with Crippen LogP contribution >= 0.6 is 0 Å². The number of nitrogens with zero attached hydrogens (tertiary/aromatic N) is 3. The average molecular weight is 343 g/mol. The van der Waals surface area contributed by atoms with Crippen LogP contribution < -0.4 is 0 Å². The molecule has 0 fully saturated rings. The van der Waals surface area contributed by atoms with Gasteiger partial charge in [-0.1, -0.05) is 48.5 Å². The van der Waals surface area contributed by atoms with E-state index in [2.05, 4.69) is 67.3 Å². The summed E-state index contributed by atoms with van der Waals surface area (Å²) in [6.07, 6.45) is 3.87. The normalized spacial score (nSPS) is 14.3. The lowest BCUT2D eigenvalue weighted by molar-refractivity contribution is 0.380. The Hall–Kier alpha value is -2.68. The van der Waals surface area contributed by atoms with Crippen molar-refractivity contribution in [2.24, 2.45) is 4.99 Å². The zero-order valence-electron chi connectivity index (χ0n) is 15.5. The molecule has 0 saturated heterocycles. The third-order valence-electron chi connectivity index (χ3n) is 5.14. The molecule has 0 aliphatic carbocycles. The summed E-state index contributed by atoms with van der Waals surface area (Å²) in [5, 5.41) is 2.66. The van der Waals surface area contributed by atoms with E-state index in [0.29, 0.717) is 6.04 Å². The smallest absolute Gasteiger partial charge is 0.150 e. The lowest BCUT2D eigenvalue weighted by atomic mass is 9.97. The summed E-state index contributed by atoms with van der Waals surface area (Å²) in [6.45, 7) is 6.30. The predicted molar refractivity (Wildman–Crippen MR) is 109 cm³/mol. The highest BCUT2D eigenvalue weighted by Crippen LogP contribution is 2.22. The molecular weight excluding hydrogens is 318 g/mol. The van der Waals surface area contributed by atoms with Gasteiger partial charge in [0.1, 0.15) is 5.69 Å². The van der Waals surface area contributed by atoms with Crippen molar-refractivity contribution in [1.82, 2.24) is 9.88 Å². The molecule has 0 saturated carbocycles. The first-order chi connectivity index (χ1) is 12.7. The fourth-order valence-electron chi connectivity index (χ4n) is 3.80. The summed E-state index contributed by atoms with van der Waals surface area (Å²) >= 11 is 0. The number of aromatic nitrogens is 1. The fourth-order valence-corrected chi connectivity index (χ4v) is 3.80. The molecule has 0 atom stereocenters. The van der Waals surface area contributed by atoms with Gasteiger partial charge in [-0.05, 0) is 54.7 Å².